The summed E-state index contributed by atoms with van der Waals surface area (Å²) in [5, 5.41) is 6.95. The number of piperazine rings is 1. The highest BCUT2D eigenvalue weighted by Crippen LogP contribution is 2.34. The minimum atomic E-state index is 0.296. The molecule has 2 N–H and O–H groups in total. The van der Waals surface area contributed by atoms with Gasteiger partial charge < -0.3 is 15.5 Å². The molecule has 102 valence electrons. The predicted molar refractivity (Wildman–Crippen MR) is 75.4 cm³/mol. The van der Waals surface area contributed by atoms with Crippen LogP contribution in [-0.4, -0.2) is 50.7 Å². The van der Waals surface area contributed by atoms with Crippen LogP contribution in [0.25, 0.3) is 0 Å². The van der Waals surface area contributed by atoms with E-state index in [1.54, 1.807) is 0 Å². The molecule has 1 atom stereocenters. The zero-order valence-electron chi connectivity index (χ0n) is 12.6. The van der Waals surface area contributed by atoms with Crippen LogP contribution in [0.3, 0.4) is 0 Å². The van der Waals surface area contributed by atoms with Gasteiger partial charge in [0.2, 0.25) is 0 Å². The largest absolute Gasteiger partial charge is 0.316 e. The van der Waals surface area contributed by atoms with Crippen molar-refractivity contribution in [2.45, 2.75) is 40.7 Å². The minimum Gasteiger partial charge on any atom is -0.316 e. The summed E-state index contributed by atoms with van der Waals surface area (Å²) in [4.78, 5) is 2.59. The third-order valence-electron chi connectivity index (χ3n) is 3.78. The molecule has 0 bridgehead atoms. The molecule has 1 rings (SSSR count). The van der Waals surface area contributed by atoms with Gasteiger partial charge >= 0.3 is 0 Å². The summed E-state index contributed by atoms with van der Waals surface area (Å²) in [6.45, 7) is 17.6. The second-order valence-corrected chi connectivity index (χ2v) is 7.10. The molecule has 0 aromatic rings. The summed E-state index contributed by atoms with van der Waals surface area (Å²) in [5.41, 5.74) is 0.594. The van der Waals surface area contributed by atoms with E-state index < -0.39 is 0 Å². The summed E-state index contributed by atoms with van der Waals surface area (Å²) >= 11 is 0. The monoisotopic (exact) mass is 241 g/mol. The van der Waals surface area contributed by atoms with Gasteiger partial charge in [-0.1, -0.05) is 34.6 Å². The standard InChI is InChI=1S/C14H31N3/c1-13(2,3)12(15-6)14(4,5)11-17-9-7-16-8-10-17/h12,15-16H,7-11H2,1-6H3. The highest BCUT2D eigenvalue weighted by molar-refractivity contribution is 4.93. The Labute approximate surface area is 107 Å². The molecule has 0 aromatic heterocycles. The SMILES string of the molecule is CNC(C(C)(C)C)C(C)(C)CN1CCNCC1. The molecule has 0 aromatic carbocycles. The fourth-order valence-electron chi connectivity index (χ4n) is 3.53. The van der Waals surface area contributed by atoms with Crippen molar-refractivity contribution in [3.8, 4) is 0 Å². The first kappa shape index (κ1) is 14.9. The van der Waals surface area contributed by atoms with Crippen molar-refractivity contribution in [3.63, 3.8) is 0 Å². The number of nitrogens with one attached hydrogen (secondary N) is 2. The molecule has 0 aliphatic carbocycles. The molecule has 17 heavy (non-hydrogen) atoms. The molecule has 1 aliphatic rings. The molecule has 3 heteroatoms. The maximum Gasteiger partial charge on any atom is 0.0176 e. The fourth-order valence-corrected chi connectivity index (χ4v) is 3.53. The van der Waals surface area contributed by atoms with E-state index in [1.165, 1.54) is 19.6 Å². The van der Waals surface area contributed by atoms with Crippen LogP contribution in [0.4, 0.5) is 0 Å². The van der Waals surface area contributed by atoms with Crippen LogP contribution < -0.4 is 10.6 Å². The highest BCUT2D eigenvalue weighted by Gasteiger charge is 2.38. The Morgan fingerprint density at radius 3 is 2.06 bits per heavy atom. The molecule has 0 amide bonds. The normalized spacial score (nSPS) is 21.5. The second-order valence-electron chi connectivity index (χ2n) is 7.10. The van der Waals surface area contributed by atoms with Crippen molar-refractivity contribution in [1.29, 1.82) is 0 Å². The molecule has 0 radical (unpaired) electrons. The number of nitrogens with zero attached hydrogens (tertiary/aromatic N) is 1. The summed E-state index contributed by atoms with van der Waals surface area (Å²) in [7, 11) is 2.09. The van der Waals surface area contributed by atoms with Crippen molar-refractivity contribution in [1.82, 2.24) is 15.5 Å². The van der Waals surface area contributed by atoms with E-state index in [4.69, 9.17) is 0 Å². The first-order chi connectivity index (χ1) is 7.77. The van der Waals surface area contributed by atoms with Gasteiger partial charge in [0.1, 0.15) is 0 Å². The molecular weight excluding hydrogens is 210 g/mol. The van der Waals surface area contributed by atoms with Gasteiger partial charge in [-0.25, -0.2) is 0 Å². The Morgan fingerprint density at radius 1 is 1.12 bits per heavy atom. The summed E-state index contributed by atoms with van der Waals surface area (Å²) < 4.78 is 0. The van der Waals surface area contributed by atoms with Gasteiger partial charge in [0, 0.05) is 38.8 Å². The molecule has 0 spiro atoms. The van der Waals surface area contributed by atoms with Crippen molar-refractivity contribution in [2.75, 3.05) is 39.8 Å². The van der Waals surface area contributed by atoms with Gasteiger partial charge in [-0.3, -0.25) is 0 Å². The van der Waals surface area contributed by atoms with Gasteiger partial charge in [-0.2, -0.15) is 0 Å². The van der Waals surface area contributed by atoms with Crippen LogP contribution in [0.2, 0.25) is 0 Å². The van der Waals surface area contributed by atoms with Gasteiger partial charge in [0.25, 0.3) is 0 Å². The van der Waals surface area contributed by atoms with Crippen LogP contribution in [0.15, 0.2) is 0 Å². The van der Waals surface area contributed by atoms with E-state index >= 15 is 0 Å². The lowest BCUT2D eigenvalue weighted by atomic mass is 9.70. The van der Waals surface area contributed by atoms with Crippen LogP contribution in [-0.2, 0) is 0 Å². The Morgan fingerprint density at radius 2 is 1.65 bits per heavy atom. The molecule has 1 heterocycles. The van der Waals surface area contributed by atoms with E-state index in [-0.39, 0.29) is 0 Å². The van der Waals surface area contributed by atoms with E-state index in [0.717, 1.165) is 13.1 Å². The number of hydrogen-bond donors (Lipinski definition) is 2. The zero-order chi connectivity index (χ0) is 13.1. The van der Waals surface area contributed by atoms with Gasteiger partial charge in [-0.05, 0) is 17.9 Å². The van der Waals surface area contributed by atoms with Crippen molar-refractivity contribution in [2.24, 2.45) is 10.8 Å². The van der Waals surface area contributed by atoms with E-state index in [0.29, 0.717) is 16.9 Å². The second kappa shape index (κ2) is 5.68. The van der Waals surface area contributed by atoms with Crippen LogP contribution in [0.1, 0.15) is 34.6 Å². The van der Waals surface area contributed by atoms with Crippen LogP contribution in [0, 0.1) is 10.8 Å². The maximum absolute atomic E-state index is 3.53. The zero-order valence-corrected chi connectivity index (χ0v) is 12.6. The van der Waals surface area contributed by atoms with E-state index in [2.05, 4.69) is 57.2 Å². The smallest absolute Gasteiger partial charge is 0.0176 e. The molecule has 1 unspecified atom stereocenters. The lowest BCUT2D eigenvalue weighted by Crippen LogP contribution is -2.55. The average molecular weight is 241 g/mol. The Kier molecular flexibility index (Phi) is 4.99. The molecule has 0 saturated carbocycles. The Balaban J connectivity index is 2.64. The molecule has 3 nitrogen and oxygen atoms in total. The fraction of sp³-hybridized carbons (Fsp3) is 1.00. The highest BCUT2D eigenvalue weighted by atomic mass is 15.2. The van der Waals surface area contributed by atoms with Gasteiger partial charge in [0.05, 0.1) is 0 Å². The lowest BCUT2D eigenvalue weighted by molar-refractivity contribution is 0.0762. The summed E-state index contributed by atoms with van der Waals surface area (Å²) in [6, 6.07) is 0.532. The minimum absolute atomic E-state index is 0.296. The number of hydrogen-bond acceptors (Lipinski definition) is 3. The van der Waals surface area contributed by atoms with Gasteiger partial charge in [0.15, 0.2) is 0 Å². The topological polar surface area (TPSA) is 27.3 Å². The number of rotatable bonds is 4. The summed E-state index contributed by atoms with van der Waals surface area (Å²) in [5.74, 6) is 0. The lowest BCUT2D eigenvalue weighted by Gasteiger charge is -2.45. The van der Waals surface area contributed by atoms with Crippen molar-refractivity contribution >= 4 is 0 Å². The predicted octanol–water partition coefficient (Wildman–Crippen LogP) is 1.55. The average Bonchev–Trinajstić information content (AvgIpc) is 2.16. The third kappa shape index (κ3) is 4.23. The van der Waals surface area contributed by atoms with Crippen molar-refractivity contribution < 1.29 is 0 Å². The van der Waals surface area contributed by atoms with E-state index in [1.807, 2.05) is 0 Å². The van der Waals surface area contributed by atoms with E-state index in [9.17, 15) is 0 Å². The Hall–Kier alpha value is -0.120. The molecule has 1 aliphatic heterocycles. The quantitative estimate of drug-likeness (QED) is 0.782. The first-order valence-electron chi connectivity index (χ1n) is 6.88. The summed E-state index contributed by atoms with van der Waals surface area (Å²) in [6.07, 6.45) is 0. The molecule has 1 fully saturated rings. The molecular formula is C14H31N3. The maximum atomic E-state index is 3.53. The first-order valence-corrected chi connectivity index (χ1v) is 6.88. The van der Waals surface area contributed by atoms with Crippen LogP contribution in [0.5, 0.6) is 0 Å². The van der Waals surface area contributed by atoms with Crippen molar-refractivity contribution in [3.05, 3.63) is 0 Å². The molecule has 1 saturated heterocycles. The van der Waals surface area contributed by atoms with Crippen LogP contribution >= 0.6 is 0 Å². The Bertz CT molecular complexity index is 224. The van der Waals surface area contributed by atoms with Gasteiger partial charge in [-0.15, -0.1) is 0 Å². The third-order valence-corrected chi connectivity index (χ3v) is 3.78.